The van der Waals surface area contributed by atoms with Crippen LogP contribution in [0.5, 0.6) is 5.75 Å². The van der Waals surface area contributed by atoms with Crippen molar-refractivity contribution in [2.75, 3.05) is 24.8 Å². The molecular formula is C15H18N4O2. The van der Waals surface area contributed by atoms with E-state index in [1.807, 2.05) is 36.2 Å². The minimum Gasteiger partial charge on any atom is -0.497 e. The van der Waals surface area contributed by atoms with Gasteiger partial charge in [0.25, 0.3) is 5.91 Å². The van der Waals surface area contributed by atoms with Crippen molar-refractivity contribution < 1.29 is 9.53 Å². The Morgan fingerprint density at radius 3 is 2.57 bits per heavy atom. The average molecular weight is 286 g/mol. The fourth-order valence-corrected chi connectivity index (χ4v) is 2.04. The number of hydrogen-bond donors (Lipinski definition) is 2. The lowest BCUT2D eigenvalue weighted by molar-refractivity contribution is 0.100. The number of aromatic nitrogens is 1. The van der Waals surface area contributed by atoms with E-state index in [-0.39, 0.29) is 0 Å². The number of ether oxygens (including phenoxy) is 1. The van der Waals surface area contributed by atoms with Gasteiger partial charge >= 0.3 is 0 Å². The molecule has 2 rings (SSSR count). The molecule has 0 saturated carbocycles. The van der Waals surface area contributed by atoms with Crippen molar-refractivity contribution in [3.05, 3.63) is 47.7 Å². The van der Waals surface area contributed by atoms with E-state index in [1.54, 1.807) is 7.11 Å². The van der Waals surface area contributed by atoms with Gasteiger partial charge in [0.15, 0.2) is 0 Å². The number of nitrogens with zero attached hydrogens (tertiary/aromatic N) is 2. The summed E-state index contributed by atoms with van der Waals surface area (Å²) in [5.74, 6) is 0.753. The first-order valence-corrected chi connectivity index (χ1v) is 6.40. The standard InChI is InChI=1S/C15H18N4O2/c1-19(9-10-3-5-12(21-2)6-4-10)15-13(14(17)20)7-11(16)8-18-15/h3-8H,9,16H2,1-2H3,(H2,17,20). The minimum atomic E-state index is -0.550. The lowest BCUT2D eigenvalue weighted by Crippen LogP contribution is -2.23. The number of anilines is 2. The summed E-state index contributed by atoms with van der Waals surface area (Å²) < 4.78 is 5.12. The SMILES string of the molecule is COc1ccc(CN(C)c2ncc(N)cc2C(N)=O)cc1. The van der Waals surface area contributed by atoms with E-state index < -0.39 is 5.91 Å². The van der Waals surface area contributed by atoms with Crippen LogP contribution in [0.4, 0.5) is 11.5 Å². The second kappa shape index (κ2) is 6.13. The molecule has 0 atom stereocenters. The molecule has 0 radical (unpaired) electrons. The second-order valence-electron chi connectivity index (χ2n) is 4.71. The highest BCUT2D eigenvalue weighted by molar-refractivity contribution is 5.98. The Hall–Kier alpha value is -2.76. The van der Waals surface area contributed by atoms with Crippen LogP contribution in [-0.4, -0.2) is 25.0 Å². The van der Waals surface area contributed by atoms with E-state index in [1.165, 1.54) is 12.3 Å². The van der Waals surface area contributed by atoms with Gasteiger partial charge in [-0.05, 0) is 23.8 Å². The number of nitrogens with two attached hydrogens (primary N) is 2. The van der Waals surface area contributed by atoms with Gasteiger partial charge in [0.2, 0.25) is 0 Å². The van der Waals surface area contributed by atoms with Crippen LogP contribution in [0.15, 0.2) is 36.5 Å². The highest BCUT2D eigenvalue weighted by Gasteiger charge is 2.14. The number of carbonyl (C=O) groups excluding carboxylic acids is 1. The van der Waals surface area contributed by atoms with Crippen molar-refractivity contribution in [2.45, 2.75) is 6.54 Å². The second-order valence-corrected chi connectivity index (χ2v) is 4.71. The molecule has 110 valence electrons. The van der Waals surface area contributed by atoms with Crippen LogP contribution in [-0.2, 0) is 6.54 Å². The molecule has 0 aliphatic rings. The summed E-state index contributed by atoms with van der Waals surface area (Å²) in [5, 5.41) is 0. The number of amides is 1. The monoisotopic (exact) mass is 286 g/mol. The molecule has 1 heterocycles. The van der Waals surface area contributed by atoms with Crippen LogP contribution in [0.3, 0.4) is 0 Å². The van der Waals surface area contributed by atoms with E-state index >= 15 is 0 Å². The van der Waals surface area contributed by atoms with Gasteiger partial charge in [-0.25, -0.2) is 4.98 Å². The number of benzene rings is 1. The van der Waals surface area contributed by atoms with Gasteiger partial charge in [-0.2, -0.15) is 0 Å². The molecule has 1 amide bonds. The summed E-state index contributed by atoms with van der Waals surface area (Å²) in [5.41, 5.74) is 12.8. The normalized spacial score (nSPS) is 10.2. The fourth-order valence-electron chi connectivity index (χ4n) is 2.04. The molecule has 0 spiro atoms. The number of primary amides is 1. The Bertz CT molecular complexity index is 641. The highest BCUT2D eigenvalue weighted by Crippen LogP contribution is 2.21. The first-order chi connectivity index (χ1) is 10.0. The average Bonchev–Trinajstić information content (AvgIpc) is 2.47. The Morgan fingerprint density at radius 2 is 2.00 bits per heavy atom. The number of pyridine rings is 1. The highest BCUT2D eigenvalue weighted by atomic mass is 16.5. The third kappa shape index (κ3) is 3.42. The van der Waals surface area contributed by atoms with Gasteiger partial charge < -0.3 is 21.1 Å². The van der Waals surface area contributed by atoms with Crippen molar-refractivity contribution in [3.63, 3.8) is 0 Å². The molecule has 6 nitrogen and oxygen atoms in total. The fraction of sp³-hybridized carbons (Fsp3) is 0.200. The predicted octanol–water partition coefficient (Wildman–Crippen LogP) is 1.41. The van der Waals surface area contributed by atoms with Crippen LogP contribution in [0.2, 0.25) is 0 Å². The number of carbonyl (C=O) groups is 1. The quantitative estimate of drug-likeness (QED) is 0.866. The summed E-state index contributed by atoms with van der Waals surface area (Å²) >= 11 is 0. The van der Waals surface area contributed by atoms with Crippen molar-refractivity contribution >= 4 is 17.4 Å². The Balaban J connectivity index is 2.23. The molecule has 21 heavy (non-hydrogen) atoms. The number of hydrogen-bond acceptors (Lipinski definition) is 5. The van der Waals surface area contributed by atoms with Gasteiger partial charge in [0, 0.05) is 13.6 Å². The van der Waals surface area contributed by atoms with Gasteiger partial charge in [0.1, 0.15) is 11.6 Å². The molecule has 0 aliphatic carbocycles. The maximum atomic E-state index is 11.5. The Kier molecular flexibility index (Phi) is 4.27. The number of methoxy groups -OCH3 is 1. The molecule has 1 aromatic carbocycles. The predicted molar refractivity (Wildman–Crippen MR) is 82.3 cm³/mol. The first-order valence-electron chi connectivity index (χ1n) is 6.40. The van der Waals surface area contributed by atoms with Crippen molar-refractivity contribution in [1.29, 1.82) is 0 Å². The maximum Gasteiger partial charge on any atom is 0.252 e. The van der Waals surface area contributed by atoms with E-state index in [9.17, 15) is 4.79 Å². The van der Waals surface area contributed by atoms with Gasteiger partial charge in [-0.3, -0.25) is 4.79 Å². The summed E-state index contributed by atoms with van der Waals surface area (Å²) in [6, 6.07) is 9.21. The lowest BCUT2D eigenvalue weighted by Gasteiger charge is -2.20. The molecule has 0 aliphatic heterocycles. The molecule has 0 bridgehead atoms. The molecule has 0 unspecified atom stereocenters. The van der Waals surface area contributed by atoms with E-state index in [4.69, 9.17) is 16.2 Å². The zero-order valence-electron chi connectivity index (χ0n) is 12.0. The summed E-state index contributed by atoms with van der Waals surface area (Å²) in [6.45, 7) is 0.585. The summed E-state index contributed by atoms with van der Waals surface area (Å²) in [4.78, 5) is 17.6. The molecule has 4 N–H and O–H groups in total. The van der Waals surface area contributed by atoms with Gasteiger partial charge in [-0.15, -0.1) is 0 Å². The zero-order chi connectivity index (χ0) is 15.4. The van der Waals surface area contributed by atoms with Crippen molar-refractivity contribution in [2.24, 2.45) is 5.73 Å². The van der Waals surface area contributed by atoms with Crippen molar-refractivity contribution in [3.8, 4) is 5.75 Å². The van der Waals surface area contributed by atoms with E-state index in [2.05, 4.69) is 4.98 Å². The smallest absolute Gasteiger partial charge is 0.252 e. The third-order valence-electron chi connectivity index (χ3n) is 3.09. The molecule has 6 heteroatoms. The van der Waals surface area contributed by atoms with Crippen LogP contribution < -0.4 is 21.1 Å². The third-order valence-corrected chi connectivity index (χ3v) is 3.09. The van der Waals surface area contributed by atoms with E-state index in [0.717, 1.165) is 11.3 Å². The maximum absolute atomic E-state index is 11.5. The van der Waals surface area contributed by atoms with Crippen LogP contribution >= 0.6 is 0 Å². The zero-order valence-corrected chi connectivity index (χ0v) is 12.0. The molecule has 1 aromatic heterocycles. The van der Waals surface area contributed by atoms with Crippen LogP contribution in [0.1, 0.15) is 15.9 Å². The first kappa shape index (κ1) is 14.6. The number of nitrogen functional groups attached to an aromatic ring is 1. The van der Waals surface area contributed by atoms with Crippen LogP contribution in [0, 0.1) is 0 Å². The van der Waals surface area contributed by atoms with Gasteiger partial charge in [-0.1, -0.05) is 12.1 Å². The largest absolute Gasteiger partial charge is 0.497 e. The Labute approximate surface area is 123 Å². The topological polar surface area (TPSA) is 94.5 Å². The Morgan fingerprint density at radius 1 is 1.33 bits per heavy atom. The number of rotatable bonds is 5. The molecular weight excluding hydrogens is 268 g/mol. The lowest BCUT2D eigenvalue weighted by atomic mass is 10.2. The molecule has 2 aromatic rings. The van der Waals surface area contributed by atoms with E-state index in [0.29, 0.717) is 23.6 Å². The van der Waals surface area contributed by atoms with Crippen LogP contribution in [0.25, 0.3) is 0 Å². The summed E-state index contributed by atoms with van der Waals surface area (Å²) in [6.07, 6.45) is 1.51. The molecule has 0 fully saturated rings. The van der Waals surface area contributed by atoms with Gasteiger partial charge in [0.05, 0.1) is 24.6 Å². The minimum absolute atomic E-state index is 0.311. The van der Waals surface area contributed by atoms with Crippen molar-refractivity contribution in [1.82, 2.24) is 4.98 Å². The molecule has 0 saturated heterocycles. The summed E-state index contributed by atoms with van der Waals surface area (Å²) in [7, 11) is 3.47.